The number of hydrogen-bond donors (Lipinski definition) is 1. The fraction of sp³-hybridized carbons (Fsp3) is 0.167. The zero-order valence-electron chi connectivity index (χ0n) is 12.4. The molecule has 0 radical (unpaired) electrons. The van der Waals surface area contributed by atoms with Crippen LogP contribution in [0.4, 0.5) is 0 Å². The normalized spacial score (nSPS) is 12.0. The average molecular weight is 291 g/mol. The summed E-state index contributed by atoms with van der Waals surface area (Å²) in [5, 5.41) is 3.98. The van der Waals surface area contributed by atoms with Crippen LogP contribution < -0.4 is 5.32 Å². The van der Waals surface area contributed by atoms with E-state index in [9.17, 15) is 4.79 Å². The van der Waals surface area contributed by atoms with E-state index in [1.54, 1.807) is 12.4 Å². The number of pyridine rings is 2. The maximum Gasteiger partial charge on any atom is 0.253 e. The van der Waals surface area contributed by atoms with E-state index in [0.717, 1.165) is 23.0 Å². The summed E-state index contributed by atoms with van der Waals surface area (Å²) in [6.45, 7) is 2.03. The first-order chi connectivity index (χ1) is 10.8. The number of rotatable bonds is 4. The van der Waals surface area contributed by atoms with E-state index >= 15 is 0 Å². The number of hydrogen-bond acceptors (Lipinski definition) is 3. The molecule has 110 valence electrons. The van der Waals surface area contributed by atoms with Gasteiger partial charge >= 0.3 is 0 Å². The van der Waals surface area contributed by atoms with Gasteiger partial charge in [-0.15, -0.1) is 0 Å². The van der Waals surface area contributed by atoms with Gasteiger partial charge in [0.15, 0.2) is 0 Å². The molecule has 1 unspecified atom stereocenters. The molecule has 0 spiro atoms. The quantitative estimate of drug-likeness (QED) is 0.800. The molecule has 0 fully saturated rings. The summed E-state index contributed by atoms with van der Waals surface area (Å²) in [7, 11) is 0. The van der Waals surface area contributed by atoms with Crippen molar-refractivity contribution in [2.75, 3.05) is 0 Å². The van der Waals surface area contributed by atoms with E-state index in [2.05, 4.69) is 15.3 Å². The molecular formula is C18H17N3O. The predicted octanol–water partition coefficient (Wildman–Crippen LogP) is 3.51. The van der Waals surface area contributed by atoms with Crippen molar-refractivity contribution in [3.05, 3.63) is 72.2 Å². The molecule has 4 heteroatoms. The summed E-state index contributed by atoms with van der Waals surface area (Å²) in [6.07, 6.45) is 4.13. The monoisotopic (exact) mass is 291 g/mol. The zero-order valence-corrected chi connectivity index (χ0v) is 12.4. The molecule has 0 saturated heterocycles. The van der Waals surface area contributed by atoms with Gasteiger partial charge in [-0.3, -0.25) is 14.8 Å². The minimum Gasteiger partial charge on any atom is -0.344 e. The van der Waals surface area contributed by atoms with Gasteiger partial charge < -0.3 is 5.32 Å². The Morgan fingerprint density at radius 3 is 2.73 bits per heavy atom. The second-order valence-electron chi connectivity index (χ2n) is 5.11. The van der Waals surface area contributed by atoms with Gasteiger partial charge in [0.2, 0.25) is 0 Å². The molecule has 1 N–H and O–H groups in total. The molecule has 0 aliphatic rings. The first-order valence-corrected chi connectivity index (χ1v) is 7.34. The standard InChI is InChI=1S/C18H17N3O/c1-2-15(17-9-5-6-10-19-17)21-18(22)14-11-13-7-3-4-8-16(13)20-12-14/h3-12,15H,2H2,1H3,(H,21,22). The molecule has 1 aromatic carbocycles. The van der Waals surface area contributed by atoms with Gasteiger partial charge in [0.25, 0.3) is 5.91 Å². The van der Waals surface area contributed by atoms with Crippen molar-refractivity contribution in [3.8, 4) is 0 Å². The third-order valence-electron chi connectivity index (χ3n) is 3.61. The Hall–Kier alpha value is -2.75. The summed E-state index contributed by atoms with van der Waals surface area (Å²) < 4.78 is 0. The average Bonchev–Trinajstić information content (AvgIpc) is 2.59. The Morgan fingerprint density at radius 1 is 1.14 bits per heavy atom. The molecule has 4 nitrogen and oxygen atoms in total. The van der Waals surface area contributed by atoms with Gasteiger partial charge in [0.05, 0.1) is 22.8 Å². The highest BCUT2D eigenvalue weighted by Crippen LogP contribution is 2.16. The number of carbonyl (C=O) groups excluding carboxylic acids is 1. The first kappa shape index (κ1) is 14.2. The van der Waals surface area contributed by atoms with E-state index < -0.39 is 0 Å². The van der Waals surface area contributed by atoms with Gasteiger partial charge in [0, 0.05) is 17.8 Å². The Morgan fingerprint density at radius 2 is 1.95 bits per heavy atom. The molecule has 22 heavy (non-hydrogen) atoms. The van der Waals surface area contributed by atoms with E-state index in [1.165, 1.54) is 0 Å². The third kappa shape index (κ3) is 2.96. The van der Waals surface area contributed by atoms with E-state index in [0.29, 0.717) is 5.56 Å². The van der Waals surface area contributed by atoms with Gasteiger partial charge in [-0.25, -0.2) is 0 Å². The highest BCUT2D eigenvalue weighted by atomic mass is 16.1. The van der Waals surface area contributed by atoms with Crippen LogP contribution in [0.25, 0.3) is 10.9 Å². The van der Waals surface area contributed by atoms with E-state index in [1.807, 2.05) is 55.5 Å². The largest absolute Gasteiger partial charge is 0.344 e. The molecule has 3 rings (SSSR count). The van der Waals surface area contributed by atoms with Crippen LogP contribution in [0.15, 0.2) is 60.9 Å². The lowest BCUT2D eigenvalue weighted by molar-refractivity contribution is 0.0934. The molecule has 0 saturated carbocycles. The topological polar surface area (TPSA) is 54.9 Å². The van der Waals surface area contributed by atoms with E-state index in [-0.39, 0.29) is 11.9 Å². The molecular weight excluding hydrogens is 274 g/mol. The van der Waals surface area contributed by atoms with Crippen LogP contribution in [0.1, 0.15) is 35.4 Å². The molecule has 0 bridgehead atoms. The number of fused-ring (bicyclic) bond motifs is 1. The molecule has 0 aliphatic heterocycles. The fourth-order valence-electron chi connectivity index (χ4n) is 2.40. The smallest absolute Gasteiger partial charge is 0.253 e. The van der Waals surface area contributed by atoms with Gasteiger partial charge in [-0.05, 0) is 30.7 Å². The minimum atomic E-state index is -0.129. The van der Waals surface area contributed by atoms with Crippen molar-refractivity contribution in [3.63, 3.8) is 0 Å². The molecule has 0 aliphatic carbocycles. The van der Waals surface area contributed by atoms with Gasteiger partial charge in [-0.1, -0.05) is 31.2 Å². The second-order valence-corrected chi connectivity index (χ2v) is 5.11. The van der Waals surface area contributed by atoms with Crippen LogP contribution in [-0.2, 0) is 0 Å². The molecule has 2 aromatic heterocycles. The van der Waals surface area contributed by atoms with E-state index in [4.69, 9.17) is 0 Å². The number of nitrogens with one attached hydrogen (secondary N) is 1. The summed E-state index contributed by atoms with van der Waals surface area (Å²) in [4.78, 5) is 21.1. The number of benzene rings is 1. The van der Waals surface area contributed by atoms with Crippen LogP contribution in [0.3, 0.4) is 0 Å². The Labute approximate surface area is 129 Å². The number of nitrogens with zero attached hydrogens (tertiary/aromatic N) is 2. The number of carbonyl (C=O) groups is 1. The van der Waals surface area contributed by atoms with Crippen LogP contribution in [-0.4, -0.2) is 15.9 Å². The van der Waals surface area contributed by atoms with Crippen molar-refractivity contribution in [2.45, 2.75) is 19.4 Å². The number of aromatic nitrogens is 2. The molecule has 1 amide bonds. The highest BCUT2D eigenvalue weighted by molar-refractivity contribution is 5.97. The predicted molar refractivity (Wildman–Crippen MR) is 86.5 cm³/mol. The van der Waals surface area contributed by atoms with Crippen molar-refractivity contribution < 1.29 is 4.79 Å². The van der Waals surface area contributed by atoms with Crippen LogP contribution in [0.2, 0.25) is 0 Å². The lowest BCUT2D eigenvalue weighted by Gasteiger charge is -2.16. The Bertz CT molecular complexity index is 786. The molecule has 1 atom stereocenters. The lowest BCUT2D eigenvalue weighted by Crippen LogP contribution is -2.28. The molecule has 2 heterocycles. The fourth-order valence-corrected chi connectivity index (χ4v) is 2.40. The van der Waals surface area contributed by atoms with Crippen molar-refractivity contribution in [1.29, 1.82) is 0 Å². The molecule has 3 aromatic rings. The Kier molecular flexibility index (Phi) is 4.10. The zero-order chi connectivity index (χ0) is 15.4. The van der Waals surface area contributed by atoms with Crippen LogP contribution in [0, 0.1) is 0 Å². The maximum atomic E-state index is 12.5. The van der Waals surface area contributed by atoms with Gasteiger partial charge in [-0.2, -0.15) is 0 Å². The van der Waals surface area contributed by atoms with Crippen LogP contribution in [0.5, 0.6) is 0 Å². The number of para-hydroxylation sites is 1. The summed E-state index contributed by atoms with van der Waals surface area (Å²) in [6, 6.07) is 15.2. The number of amides is 1. The first-order valence-electron chi connectivity index (χ1n) is 7.34. The minimum absolute atomic E-state index is 0.0971. The van der Waals surface area contributed by atoms with Gasteiger partial charge in [0.1, 0.15) is 0 Å². The van der Waals surface area contributed by atoms with Crippen molar-refractivity contribution in [1.82, 2.24) is 15.3 Å². The second kappa shape index (κ2) is 6.35. The maximum absolute atomic E-state index is 12.5. The van der Waals surface area contributed by atoms with Crippen molar-refractivity contribution in [2.24, 2.45) is 0 Å². The summed E-state index contributed by atoms with van der Waals surface area (Å²) >= 11 is 0. The summed E-state index contributed by atoms with van der Waals surface area (Å²) in [5.74, 6) is -0.129. The lowest BCUT2D eigenvalue weighted by atomic mass is 10.1. The summed E-state index contributed by atoms with van der Waals surface area (Å²) in [5.41, 5.74) is 2.32. The SMILES string of the molecule is CCC(NC(=O)c1cnc2ccccc2c1)c1ccccn1. The Balaban J connectivity index is 1.83. The van der Waals surface area contributed by atoms with Crippen molar-refractivity contribution >= 4 is 16.8 Å². The highest BCUT2D eigenvalue weighted by Gasteiger charge is 2.15. The van der Waals surface area contributed by atoms with Crippen LogP contribution >= 0.6 is 0 Å². The third-order valence-corrected chi connectivity index (χ3v) is 3.61.